The number of carbonyl (C=O) groups excluding carboxylic acids is 1. The van der Waals surface area contributed by atoms with Gasteiger partial charge in [0.25, 0.3) is 5.69 Å². The number of aromatic nitrogens is 3. The van der Waals surface area contributed by atoms with E-state index >= 15 is 0 Å². The fraction of sp³-hybridized carbons (Fsp3) is 0.226. The van der Waals surface area contributed by atoms with Crippen LogP contribution in [0.25, 0.3) is 16.8 Å². The number of anilines is 3. The summed E-state index contributed by atoms with van der Waals surface area (Å²) in [6.45, 7) is 4.05. The Morgan fingerprint density at radius 3 is 2.49 bits per heavy atom. The molecule has 228 valence electrons. The number of thiazole rings is 1. The topological polar surface area (TPSA) is 133 Å². The van der Waals surface area contributed by atoms with Crippen LogP contribution in [0.3, 0.4) is 0 Å². The molecular weight excluding hydrogens is 599 g/mol. The highest BCUT2D eigenvalue weighted by Crippen LogP contribution is 2.39. The number of pyridine rings is 1. The van der Waals surface area contributed by atoms with Gasteiger partial charge in [0.1, 0.15) is 28.2 Å². The van der Waals surface area contributed by atoms with Crippen molar-refractivity contribution in [2.75, 3.05) is 43.0 Å². The van der Waals surface area contributed by atoms with Gasteiger partial charge in [0, 0.05) is 62.8 Å². The molecule has 5 aromatic rings. The van der Waals surface area contributed by atoms with Gasteiger partial charge < -0.3 is 19.4 Å². The van der Waals surface area contributed by atoms with Crippen LogP contribution in [0.15, 0.2) is 66.9 Å². The molecule has 1 aliphatic heterocycles. The fourth-order valence-electron chi connectivity index (χ4n) is 5.25. The molecule has 1 saturated heterocycles. The van der Waals surface area contributed by atoms with E-state index in [4.69, 9.17) is 14.8 Å². The number of halogens is 1. The minimum atomic E-state index is -0.508. The average Bonchev–Trinajstić information content (AvgIpc) is 3.66. The van der Waals surface area contributed by atoms with E-state index in [0.29, 0.717) is 53.9 Å². The molecular formula is C31H27FN8O4S. The Bertz CT molecular complexity index is 1930. The van der Waals surface area contributed by atoms with E-state index in [1.807, 2.05) is 35.6 Å². The normalized spacial score (nSPS) is 13.1. The number of rotatable bonds is 7. The minimum Gasteiger partial charge on any atom is -0.410 e. The van der Waals surface area contributed by atoms with Crippen molar-refractivity contribution in [1.82, 2.24) is 19.5 Å². The first kappa shape index (κ1) is 29.5. The van der Waals surface area contributed by atoms with E-state index in [1.165, 1.54) is 47.7 Å². The number of nitrogens with zero attached hydrogens (tertiary/aromatic N) is 8. The molecule has 0 atom stereocenters. The number of amides is 1. The predicted octanol–water partition coefficient (Wildman–Crippen LogP) is 6.03. The zero-order chi connectivity index (χ0) is 31.7. The van der Waals surface area contributed by atoms with Crippen LogP contribution in [0.2, 0.25) is 0 Å². The molecule has 0 unspecified atom stereocenters. The van der Waals surface area contributed by atoms with Crippen molar-refractivity contribution in [1.29, 1.82) is 5.26 Å². The lowest BCUT2D eigenvalue weighted by Crippen LogP contribution is -2.49. The van der Waals surface area contributed by atoms with Gasteiger partial charge in [-0.15, -0.1) is 0 Å². The van der Waals surface area contributed by atoms with Crippen LogP contribution in [0.5, 0.6) is 5.75 Å². The molecule has 0 spiro atoms. The second-order valence-corrected chi connectivity index (χ2v) is 11.3. The van der Waals surface area contributed by atoms with Crippen molar-refractivity contribution < 1.29 is 18.8 Å². The molecule has 2 aromatic carbocycles. The van der Waals surface area contributed by atoms with Gasteiger partial charge in [-0.25, -0.2) is 18.7 Å². The predicted molar refractivity (Wildman–Crippen MR) is 168 cm³/mol. The van der Waals surface area contributed by atoms with Crippen molar-refractivity contribution in [2.24, 2.45) is 0 Å². The Kier molecular flexibility index (Phi) is 8.01. The van der Waals surface area contributed by atoms with E-state index in [1.54, 1.807) is 17.0 Å². The lowest BCUT2D eigenvalue weighted by atomic mass is 10.1. The number of fused-ring (bicyclic) bond motifs is 1. The molecule has 14 heteroatoms. The molecule has 12 nitrogen and oxygen atoms in total. The smallest absolute Gasteiger partial charge is 0.410 e. The number of hydrogen-bond acceptors (Lipinski definition) is 10. The number of ether oxygens (including phenoxy) is 1. The van der Waals surface area contributed by atoms with Gasteiger partial charge in [0.2, 0.25) is 0 Å². The zero-order valence-corrected chi connectivity index (χ0v) is 25.2. The highest BCUT2D eigenvalue weighted by Gasteiger charge is 2.26. The molecule has 1 amide bonds. The summed E-state index contributed by atoms with van der Waals surface area (Å²) in [5, 5.41) is 26.1. The maximum absolute atomic E-state index is 13.5. The highest BCUT2D eigenvalue weighted by molar-refractivity contribution is 7.16. The van der Waals surface area contributed by atoms with Gasteiger partial charge in [0.05, 0.1) is 21.8 Å². The van der Waals surface area contributed by atoms with Gasteiger partial charge in [-0.3, -0.25) is 10.1 Å². The second kappa shape index (κ2) is 12.2. The number of benzene rings is 2. The average molecular weight is 627 g/mol. The minimum absolute atomic E-state index is 0.0766. The summed E-state index contributed by atoms with van der Waals surface area (Å²) < 4.78 is 20.8. The van der Waals surface area contributed by atoms with E-state index in [0.717, 1.165) is 22.6 Å². The van der Waals surface area contributed by atoms with Crippen LogP contribution in [0, 0.1) is 27.3 Å². The molecule has 3 aromatic heterocycles. The molecule has 45 heavy (non-hydrogen) atoms. The molecule has 4 heterocycles. The molecule has 0 N–H and O–H groups in total. The number of aryl methyl sites for hydroxylation is 1. The maximum atomic E-state index is 13.5. The van der Waals surface area contributed by atoms with Crippen LogP contribution in [0.4, 0.5) is 31.4 Å². The fourth-order valence-corrected chi connectivity index (χ4v) is 6.10. The summed E-state index contributed by atoms with van der Waals surface area (Å²) in [6.07, 6.45) is 2.07. The van der Waals surface area contributed by atoms with Crippen LogP contribution in [-0.4, -0.2) is 63.7 Å². The quantitative estimate of drug-likeness (QED) is 0.157. The standard InChI is InChI=1S/C31H27FN8O4S/c1-3-25-29(36(2)30-34-28(27(19-33)45-30)20-4-6-21(32)7-5-20)26-18-23(12-13-39(26)35-25)37-14-16-38(17-15-37)31(41)44-24-10-8-22(9-11-24)40(42)43/h4-13,18H,3,14-17H2,1-2H3. The number of carbonyl (C=O) groups is 1. The molecule has 0 saturated carbocycles. The van der Waals surface area contributed by atoms with Crippen molar-refractivity contribution in [3.8, 4) is 23.1 Å². The Balaban J connectivity index is 1.21. The first-order valence-corrected chi connectivity index (χ1v) is 15.0. The third kappa shape index (κ3) is 5.85. The van der Waals surface area contributed by atoms with Crippen LogP contribution < -0.4 is 14.5 Å². The van der Waals surface area contributed by atoms with E-state index in [9.17, 15) is 24.6 Å². The highest BCUT2D eigenvalue weighted by atomic mass is 32.1. The lowest BCUT2D eigenvalue weighted by molar-refractivity contribution is -0.384. The van der Waals surface area contributed by atoms with Crippen LogP contribution >= 0.6 is 11.3 Å². The van der Waals surface area contributed by atoms with Crippen molar-refractivity contribution in [3.63, 3.8) is 0 Å². The molecule has 1 fully saturated rings. The number of hydrogen-bond donors (Lipinski definition) is 0. The summed E-state index contributed by atoms with van der Waals surface area (Å²) in [6, 6.07) is 17.6. The molecule has 0 bridgehead atoms. The Morgan fingerprint density at radius 1 is 1.13 bits per heavy atom. The van der Waals surface area contributed by atoms with Crippen molar-refractivity contribution in [2.45, 2.75) is 13.3 Å². The van der Waals surface area contributed by atoms with Crippen molar-refractivity contribution >= 4 is 45.1 Å². The van der Waals surface area contributed by atoms with Crippen molar-refractivity contribution in [3.05, 3.63) is 93.4 Å². The van der Waals surface area contributed by atoms with Gasteiger partial charge in [0.15, 0.2) is 5.13 Å². The number of nitro benzene ring substituents is 1. The first-order valence-electron chi connectivity index (χ1n) is 14.1. The molecule has 6 rings (SSSR count). The monoisotopic (exact) mass is 626 g/mol. The SMILES string of the molecule is CCc1nn2ccc(N3CCN(C(=O)Oc4ccc([N+](=O)[O-])cc4)CC3)cc2c1N(C)c1nc(-c2ccc(F)cc2)c(C#N)s1. The summed E-state index contributed by atoms with van der Waals surface area (Å²) in [7, 11) is 1.90. The summed E-state index contributed by atoms with van der Waals surface area (Å²) >= 11 is 1.26. The first-order chi connectivity index (χ1) is 21.7. The molecule has 0 radical (unpaired) electrons. The Morgan fingerprint density at radius 2 is 1.84 bits per heavy atom. The summed E-state index contributed by atoms with van der Waals surface area (Å²) in [5.74, 6) is -0.113. The molecule has 0 aliphatic carbocycles. The van der Waals surface area contributed by atoms with Crippen LogP contribution in [0.1, 0.15) is 17.5 Å². The third-order valence-corrected chi connectivity index (χ3v) is 8.65. The van der Waals surface area contributed by atoms with Gasteiger partial charge in [-0.2, -0.15) is 10.4 Å². The maximum Gasteiger partial charge on any atom is 0.415 e. The van der Waals surface area contributed by atoms with Gasteiger partial charge in [-0.05, 0) is 55.0 Å². The summed E-state index contributed by atoms with van der Waals surface area (Å²) in [5.41, 5.74) is 4.66. The van der Waals surface area contributed by atoms with E-state index in [-0.39, 0.29) is 17.3 Å². The largest absolute Gasteiger partial charge is 0.415 e. The van der Waals surface area contributed by atoms with E-state index < -0.39 is 11.0 Å². The van der Waals surface area contributed by atoms with Gasteiger partial charge in [-0.1, -0.05) is 18.3 Å². The third-order valence-electron chi connectivity index (χ3n) is 7.61. The Labute approximate surface area is 261 Å². The summed E-state index contributed by atoms with van der Waals surface area (Å²) in [4.78, 5) is 34.0. The molecule has 1 aliphatic rings. The second-order valence-electron chi connectivity index (χ2n) is 10.3. The van der Waals surface area contributed by atoms with E-state index in [2.05, 4.69) is 17.0 Å². The number of non-ortho nitro benzene ring substituents is 1. The van der Waals surface area contributed by atoms with Crippen LogP contribution in [-0.2, 0) is 6.42 Å². The lowest BCUT2D eigenvalue weighted by Gasteiger charge is -2.35. The van der Waals surface area contributed by atoms with Gasteiger partial charge >= 0.3 is 6.09 Å². The zero-order valence-electron chi connectivity index (χ0n) is 24.4. The number of piperazine rings is 1. The number of nitro groups is 1. The number of nitriles is 1. The Hall–Kier alpha value is -5.55.